The fourth-order valence-electron chi connectivity index (χ4n) is 3.23. The number of hydrogen-bond acceptors (Lipinski definition) is 3. The molecular formula is C18H26N2O2. The molecule has 120 valence electrons. The van der Waals surface area contributed by atoms with Gasteiger partial charge in [-0.05, 0) is 51.3 Å². The summed E-state index contributed by atoms with van der Waals surface area (Å²) in [7, 11) is 0. The molecule has 0 saturated carbocycles. The Morgan fingerprint density at radius 1 is 1.32 bits per heavy atom. The minimum Gasteiger partial charge on any atom is -0.361 e. The molecule has 1 aliphatic heterocycles. The molecule has 1 saturated heterocycles. The topological polar surface area (TPSA) is 37.5 Å². The van der Waals surface area contributed by atoms with E-state index in [0.717, 1.165) is 19.5 Å². The van der Waals surface area contributed by atoms with Gasteiger partial charge in [0.05, 0.1) is 12.7 Å². The first-order valence-corrected chi connectivity index (χ1v) is 8.31. The minimum atomic E-state index is 0.126. The SMILES string of the molecule is CC(C)OOC[C@@H]1CCCN1CCc1c[nH]c2ccccc12. The van der Waals surface area contributed by atoms with Crippen molar-refractivity contribution in [2.24, 2.45) is 0 Å². The number of aromatic nitrogens is 1. The Morgan fingerprint density at radius 2 is 2.18 bits per heavy atom. The van der Waals surface area contributed by atoms with Crippen molar-refractivity contribution >= 4 is 10.9 Å². The molecule has 0 amide bonds. The Hall–Kier alpha value is -1.36. The van der Waals surface area contributed by atoms with Gasteiger partial charge in [0.25, 0.3) is 0 Å². The number of benzene rings is 1. The van der Waals surface area contributed by atoms with Gasteiger partial charge < -0.3 is 4.98 Å². The first-order chi connectivity index (χ1) is 10.7. The number of nitrogens with zero attached hydrogens (tertiary/aromatic N) is 1. The van der Waals surface area contributed by atoms with Crippen molar-refractivity contribution in [2.45, 2.75) is 45.3 Å². The second-order valence-electron chi connectivity index (χ2n) is 6.37. The van der Waals surface area contributed by atoms with Crippen LogP contribution in [-0.2, 0) is 16.2 Å². The predicted molar refractivity (Wildman–Crippen MR) is 88.8 cm³/mol. The summed E-state index contributed by atoms with van der Waals surface area (Å²) in [5, 5.41) is 1.35. The van der Waals surface area contributed by atoms with Crippen molar-refractivity contribution in [3.63, 3.8) is 0 Å². The van der Waals surface area contributed by atoms with Crippen molar-refractivity contribution in [3.05, 3.63) is 36.0 Å². The van der Waals surface area contributed by atoms with E-state index in [4.69, 9.17) is 9.78 Å². The molecule has 2 aromatic rings. The van der Waals surface area contributed by atoms with Crippen molar-refractivity contribution < 1.29 is 9.78 Å². The van der Waals surface area contributed by atoms with Gasteiger partial charge in [-0.2, -0.15) is 0 Å². The third-order valence-corrected chi connectivity index (χ3v) is 4.36. The molecule has 22 heavy (non-hydrogen) atoms. The molecule has 0 radical (unpaired) electrons. The normalized spacial score (nSPS) is 19.5. The molecule has 3 rings (SSSR count). The Labute approximate surface area is 132 Å². The molecule has 1 N–H and O–H groups in total. The molecule has 0 spiro atoms. The zero-order valence-corrected chi connectivity index (χ0v) is 13.5. The Kier molecular flexibility index (Phi) is 5.13. The van der Waals surface area contributed by atoms with Crippen LogP contribution in [0.3, 0.4) is 0 Å². The van der Waals surface area contributed by atoms with Crippen LogP contribution < -0.4 is 0 Å². The zero-order chi connectivity index (χ0) is 15.4. The molecule has 1 aliphatic rings. The molecule has 4 heteroatoms. The fourth-order valence-corrected chi connectivity index (χ4v) is 3.23. The van der Waals surface area contributed by atoms with E-state index in [0.29, 0.717) is 12.6 Å². The second kappa shape index (κ2) is 7.27. The fraction of sp³-hybridized carbons (Fsp3) is 0.556. The van der Waals surface area contributed by atoms with Crippen LogP contribution in [-0.4, -0.2) is 41.7 Å². The summed E-state index contributed by atoms with van der Waals surface area (Å²) in [5.74, 6) is 0. The van der Waals surface area contributed by atoms with Crippen LogP contribution in [0.15, 0.2) is 30.5 Å². The van der Waals surface area contributed by atoms with Gasteiger partial charge in [-0.25, -0.2) is 9.78 Å². The second-order valence-corrected chi connectivity index (χ2v) is 6.37. The van der Waals surface area contributed by atoms with Gasteiger partial charge in [0, 0.05) is 29.7 Å². The standard InChI is InChI=1S/C18H26N2O2/c1-14(2)22-21-13-16-6-5-10-20(16)11-9-15-12-19-18-8-4-3-7-17(15)18/h3-4,7-8,12,14,16,19H,5-6,9-11,13H2,1-2H3/t16-/m0/s1. The van der Waals surface area contributed by atoms with Crippen molar-refractivity contribution in [2.75, 3.05) is 19.7 Å². The number of rotatable bonds is 7. The van der Waals surface area contributed by atoms with Gasteiger partial charge in [0.1, 0.15) is 0 Å². The lowest BCUT2D eigenvalue weighted by molar-refractivity contribution is -0.322. The lowest BCUT2D eigenvalue weighted by atomic mass is 10.1. The van der Waals surface area contributed by atoms with E-state index < -0.39 is 0 Å². The summed E-state index contributed by atoms with van der Waals surface area (Å²) in [4.78, 5) is 16.5. The average molecular weight is 302 g/mol. The van der Waals surface area contributed by atoms with Crippen LogP contribution in [0.25, 0.3) is 10.9 Å². The number of H-pyrrole nitrogens is 1. The molecule has 1 aromatic heterocycles. The highest BCUT2D eigenvalue weighted by atomic mass is 17.2. The van der Waals surface area contributed by atoms with Crippen LogP contribution in [0.1, 0.15) is 32.3 Å². The largest absolute Gasteiger partial charge is 0.361 e. The maximum absolute atomic E-state index is 5.37. The first-order valence-electron chi connectivity index (χ1n) is 8.31. The average Bonchev–Trinajstić information content (AvgIpc) is 3.11. The van der Waals surface area contributed by atoms with Gasteiger partial charge in [-0.3, -0.25) is 4.90 Å². The molecule has 4 nitrogen and oxygen atoms in total. The summed E-state index contributed by atoms with van der Waals surface area (Å²) in [6.45, 7) is 6.90. The quantitative estimate of drug-likeness (QED) is 0.628. The van der Waals surface area contributed by atoms with E-state index in [1.165, 1.54) is 29.3 Å². The molecule has 0 unspecified atom stereocenters. The van der Waals surface area contributed by atoms with Crippen LogP contribution in [0.5, 0.6) is 0 Å². The summed E-state index contributed by atoms with van der Waals surface area (Å²) in [6, 6.07) is 9.00. The van der Waals surface area contributed by atoms with Gasteiger partial charge >= 0.3 is 0 Å². The highest BCUT2D eigenvalue weighted by molar-refractivity contribution is 5.83. The zero-order valence-electron chi connectivity index (χ0n) is 13.5. The highest BCUT2D eigenvalue weighted by Crippen LogP contribution is 2.21. The van der Waals surface area contributed by atoms with Crippen molar-refractivity contribution in [3.8, 4) is 0 Å². The van der Waals surface area contributed by atoms with Crippen LogP contribution in [0.2, 0.25) is 0 Å². The van der Waals surface area contributed by atoms with E-state index in [1.54, 1.807) is 0 Å². The maximum atomic E-state index is 5.37. The first kappa shape index (κ1) is 15.5. The predicted octanol–water partition coefficient (Wildman–Crippen LogP) is 3.53. The molecule has 1 fully saturated rings. The summed E-state index contributed by atoms with van der Waals surface area (Å²) in [5.41, 5.74) is 2.63. The monoisotopic (exact) mass is 302 g/mol. The van der Waals surface area contributed by atoms with Crippen LogP contribution in [0.4, 0.5) is 0 Å². The molecule has 2 heterocycles. The summed E-state index contributed by atoms with van der Waals surface area (Å²) < 4.78 is 0. The smallest absolute Gasteiger partial charge is 0.0977 e. The van der Waals surface area contributed by atoms with E-state index >= 15 is 0 Å². The highest BCUT2D eigenvalue weighted by Gasteiger charge is 2.24. The number of para-hydroxylation sites is 1. The van der Waals surface area contributed by atoms with Crippen LogP contribution >= 0.6 is 0 Å². The third-order valence-electron chi connectivity index (χ3n) is 4.36. The third kappa shape index (κ3) is 3.69. The molecule has 0 aliphatic carbocycles. The lowest BCUT2D eigenvalue weighted by Crippen LogP contribution is -2.35. The lowest BCUT2D eigenvalue weighted by Gasteiger charge is -2.24. The number of fused-ring (bicyclic) bond motifs is 1. The van der Waals surface area contributed by atoms with E-state index in [-0.39, 0.29) is 6.10 Å². The van der Waals surface area contributed by atoms with Crippen LogP contribution in [0, 0.1) is 0 Å². The summed E-state index contributed by atoms with van der Waals surface area (Å²) >= 11 is 0. The number of hydrogen-bond donors (Lipinski definition) is 1. The molecule has 1 atom stereocenters. The van der Waals surface area contributed by atoms with Crippen molar-refractivity contribution in [1.29, 1.82) is 0 Å². The number of likely N-dealkylation sites (tertiary alicyclic amines) is 1. The minimum absolute atomic E-state index is 0.126. The van der Waals surface area contributed by atoms with Gasteiger partial charge in [-0.15, -0.1) is 0 Å². The van der Waals surface area contributed by atoms with E-state index in [9.17, 15) is 0 Å². The molecular weight excluding hydrogens is 276 g/mol. The van der Waals surface area contributed by atoms with E-state index in [2.05, 4.69) is 40.3 Å². The Balaban J connectivity index is 1.54. The van der Waals surface area contributed by atoms with Gasteiger partial charge in [0.2, 0.25) is 0 Å². The van der Waals surface area contributed by atoms with Gasteiger partial charge in [0.15, 0.2) is 0 Å². The Bertz CT molecular complexity index is 594. The number of aromatic amines is 1. The maximum Gasteiger partial charge on any atom is 0.0977 e. The molecule has 1 aromatic carbocycles. The summed E-state index contributed by atoms with van der Waals surface area (Å²) in [6.07, 6.45) is 5.81. The number of nitrogens with one attached hydrogen (secondary N) is 1. The molecule has 0 bridgehead atoms. The van der Waals surface area contributed by atoms with E-state index in [1.807, 2.05) is 13.8 Å². The van der Waals surface area contributed by atoms with Gasteiger partial charge in [-0.1, -0.05) is 18.2 Å². The van der Waals surface area contributed by atoms with Crippen molar-refractivity contribution in [1.82, 2.24) is 9.88 Å². The Morgan fingerprint density at radius 3 is 3.05 bits per heavy atom.